The van der Waals surface area contributed by atoms with E-state index >= 15 is 0 Å². The normalized spacial score (nSPS) is 20.8. The summed E-state index contributed by atoms with van der Waals surface area (Å²) in [5.41, 5.74) is 5.58. The molecule has 0 bridgehead atoms. The maximum Gasteiger partial charge on any atom is 0.244 e. The van der Waals surface area contributed by atoms with E-state index in [9.17, 15) is 12.8 Å². The molecule has 19 heavy (non-hydrogen) atoms. The lowest BCUT2D eigenvalue weighted by Crippen LogP contribution is -2.42. The number of nitrogens with two attached hydrogens (primary N) is 1. The summed E-state index contributed by atoms with van der Waals surface area (Å²) >= 11 is 0. The second-order valence-corrected chi connectivity index (χ2v) is 6.38. The molecular weight excluding hydrogens is 293 g/mol. The van der Waals surface area contributed by atoms with Crippen molar-refractivity contribution in [2.75, 3.05) is 19.6 Å². The first-order valence-electron chi connectivity index (χ1n) is 5.85. The minimum absolute atomic E-state index is 0. The number of rotatable bonds is 3. The summed E-state index contributed by atoms with van der Waals surface area (Å²) in [7, 11) is -3.65. The molecule has 5 nitrogen and oxygen atoms in total. The van der Waals surface area contributed by atoms with E-state index in [0.29, 0.717) is 19.6 Å². The Bertz CT molecular complexity index is 526. The predicted octanol–water partition coefficient (Wildman–Crippen LogP) is 1.00. The molecule has 1 unspecified atom stereocenters. The molecule has 1 aliphatic heterocycles. The molecule has 0 radical (unpaired) electrons. The molecule has 0 saturated carbocycles. The summed E-state index contributed by atoms with van der Waals surface area (Å²) < 4.78 is 39.0. The molecule has 2 N–H and O–H groups in total. The number of piperidine rings is 1. The summed E-state index contributed by atoms with van der Waals surface area (Å²) in [6.45, 7) is 1.32. The fraction of sp³-hybridized carbons (Fsp3) is 0.545. The van der Waals surface area contributed by atoms with Gasteiger partial charge < -0.3 is 5.73 Å². The van der Waals surface area contributed by atoms with Crippen molar-refractivity contribution < 1.29 is 12.8 Å². The topological polar surface area (TPSA) is 76.3 Å². The zero-order valence-electron chi connectivity index (χ0n) is 10.3. The molecule has 0 aromatic carbocycles. The molecule has 1 fully saturated rings. The Morgan fingerprint density at radius 2 is 2.21 bits per heavy atom. The molecule has 0 amide bonds. The van der Waals surface area contributed by atoms with Crippen LogP contribution < -0.4 is 5.73 Å². The average molecular weight is 310 g/mol. The highest BCUT2D eigenvalue weighted by atomic mass is 35.5. The van der Waals surface area contributed by atoms with Gasteiger partial charge in [-0.3, -0.25) is 4.98 Å². The van der Waals surface area contributed by atoms with Gasteiger partial charge in [0.15, 0.2) is 0 Å². The van der Waals surface area contributed by atoms with Gasteiger partial charge in [-0.2, -0.15) is 4.31 Å². The summed E-state index contributed by atoms with van der Waals surface area (Å²) in [5.74, 6) is -0.474. The molecule has 1 saturated heterocycles. The lowest BCUT2D eigenvalue weighted by molar-refractivity contribution is 0.271. The highest BCUT2D eigenvalue weighted by Gasteiger charge is 2.30. The van der Waals surface area contributed by atoms with Crippen LogP contribution in [-0.4, -0.2) is 37.3 Å². The van der Waals surface area contributed by atoms with E-state index in [2.05, 4.69) is 4.98 Å². The molecule has 8 heteroatoms. The van der Waals surface area contributed by atoms with Crippen molar-refractivity contribution in [3.63, 3.8) is 0 Å². The second kappa shape index (κ2) is 6.60. The third-order valence-electron chi connectivity index (χ3n) is 3.13. The Kier molecular flexibility index (Phi) is 5.66. The van der Waals surface area contributed by atoms with Crippen LogP contribution in [-0.2, 0) is 10.0 Å². The summed E-state index contributed by atoms with van der Waals surface area (Å²) in [6, 6.07) is 0.994. The van der Waals surface area contributed by atoms with Crippen molar-refractivity contribution in [1.82, 2.24) is 9.29 Å². The zero-order valence-corrected chi connectivity index (χ0v) is 12.0. The smallest absolute Gasteiger partial charge is 0.244 e. The van der Waals surface area contributed by atoms with Crippen LogP contribution in [0.4, 0.5) is 4.39 Å². The number of nitrogens with zero attached hydrogens (tertiary/aromatic N) is 2. The van der Waals surface area contributed by atoms with E-state index in [4.69, 9.17) is 5.73 Å². The molecule has 0 spiro atoms. The largest absolute Gasteiger partial charge is 0.330 e. The number of halogens is 2. The molecule has 108 valence electrons. The Morgan fingerprint density at radius 1 is 1.47 bits per heavy atom. The summed E-state index contributed by atoms with van der Waals surface area (Å²) in [6.07, 6.45) is 3.87. The van der Waals surface area contributed by atoms with E-state index in [-0.39, 0.29) is 23.2 Å². The van der Waals surface area contributed by atoms with Gasteiger partial charge in [0.05, 0.1) is 6.20 Å². The molecule has 2 heterocycles. The van der Waals surface area contributed by atoms with E-state index in [0.717, 1.165) is 25.1 Å². The Labute approximate surface area is 118 Å². The Hall–Kier alpha value is -0.760. The van der Waals surface area contributed by atoms with Crippen LogP contribution in [0.5, 0.6) is 0 Å². The number of sulfonamides is 1. The quantitative estimate of drug-likeness (QED) is 0.904. The fourth-order valence-corrected chi connectivity index (χ4v) is 3.65. The van der Waals surface area contributed by atoms with Gasteiger partial charge in [-0.05, 0) is 31.4 Å². The maximum absolute atomic E-state index is 13.0. The van der Waals surface area contributed by atoms with Gasteiger partial charge in [0.1, 0.15) is 10.7 Å². The number of hydrogen-bond acceptors (Lipinski definition) is 4. The number of pyridine rings is 1. The van der Waals surface area contributed by atoms with Crippen molar-refractivity contribution in [1.29, 1.82) is 0 Å². The lowest BCUT2D eigenvalue weighted by Gasteiger charge is -2.31. The van der Waals surface area contributed by atoms with Crippen LogP contribution in [0.1, 0.15) is 12.8 Å². The van der Waals surface area contributed by atoms with Crippen LogP contribution in [0.3, 0.4) is 0 Å². The van der Waals surface area contributed by atoms with Crippen LogP contribution in [0.15, 0.2) is 23.4 Å². The standard InChI is InChI=1S/C11H16FN3O2S.ClH/c12-10-4-11(7-14-6-10)18(16,17)15-3-1-2-9(5-13)8-15;/h4,6-7,9H,1-3,5,8,13H2;1H. The van der Waals surface area contributed by atoms with Crippen molar-refractivity contribution in [3.8, 4) is 0 Å². The van der Waals surface area contributed by atoms with Gasteiger partial charge in [0.25, 0.3) is 0 Å². The predicted molar refractivity (Wildman–Crippen MR) is 72.0 cm³/mol. The first-order chi connectivity index (χ1) is 8.54. The van der Waals surface area contributed by atoms with Crippen LogP contribution in [0, 0.1) is 11.7 Å². The minimum Gasteiger partial charge on any atom is -0.330 e. The minimum atomic E-state index is -3.65. The molecule has 1 aliphatic rings. The van der Waals surface area contributed by atoms with E-state index in [1.807, 2.05) is 0 Å². The van der Waals surface area contributed by atoms with Gasteiger partial charge in [0, 0.05) is 19.3 Å². The maximum atomic E-state index is 13.0. The van der Waals surface area contributed by atoms with Crippen molar-refractivity contribution in [3.05, 3.63) is 24.3 Å². The monoisotopic (exact) mass is 309 g/mol. The van der Waals surface area contributed by atoms with E-state index < -0.39 is 15.8 Å². The fourth-order valence-electron chi connectivity index (χ4n) is 2.12. The van der Waals surface area contributed by atoms with Gasteiger partial charge in [-0.25, -0.2) is 12.8 Å². The molecule has 1 aromatic rings. The van der Waals surface area contributed by atoms with Crippen LogP contribution in [0.25, 0.3) is 0 Å². The van der Waals surface area contributed by atoms with Crippen molar-refractivity contribution >= 4 is 22.4 Å². The first kappa shape index (κ1) is 16.3. The van der Waals surface area contributed by atoms with Gasteiger partial charge in [0.2, 0.25) is 10.0 Å². The lowest BCUT2D eigenvalue weighted by atomic mass is 10.0. The molecule has 2 rings (SSSR count). The highest BCUT2D eigenvalue weighted by Crippen LogP contribution is 2.23. The van der Waals surface area contributed by atoms with Crippen molar-refractivity contribution in [2.45, 2.75) is 17.7 Å². The average Bonchev–Trinajstić information content (AvgIpc) is 2.39. The highest BCUT2D eigenvalue weighted by molar-refractivity contribution is 7.89. The van der Waals surface area contributed by atoms with E-state index in [1.54, 1.807) is 0 Å². The third kappa shape index (κ3) is 3.62. The molecule has 1 aromatic heterocycles. The summed E-state index contributed by atoms with van der Waals surface area (Å²) in [5, 5.41) is 0. The molecule has 1 atom stereocenters. The Balaban J connectivity index is 0.00000180. The van der Waals surface area contributed by atoms with Gasteiger partial charge >= 0.3 is 0 Å². The van der Waals surface area contributed by atoms with Crippen molar-refractivity contribution in [2.24, 2.45) is 11.7 Å². The Morgan fingerprint density at radius 3 is 2.84 bits per heavy atom. The zero-order chi connectivity index (χ0) is 13.2. The van der Waals surface area contributed by atoms with E-state index in [1.165, 1.54) is 10.5 Å². The molecular formula is C11H17ClFN3O2S. The number of aromatic nitrogens is 1. The number of hydrogen-bond donors (Lipinski definition) is 1. The SMILES string of the molecule is Cl.NCC1CCCN(S(=O)(=O)c2cncc(F)c2)C1. The first-order valence-corrected chi connectivity index (χ1v) is 7.29. The second-order valence-electron chi connectivity index (χ2n) is 4.45. The molecule has 0 aliphatic carbocycles. The van der Waals surface area contributed by atoms with Crippen LogP contribution >= 0.6 is 12.4 Å². The summed E-state index contributed by atoms with van der Waals surface area (Å²) in [4.78, 5) is 3.48. The van der Waals surface area contributed by atoms with Gasteiger partial charge in [-0.1, -0.05) is 0 Å². The van der Waals surface area contributed by atoms with Crippen LogP contribution in [0.2, 0.25) is 0 Å². The third-order valence-corrected chi connectivity index (χ3v) is 4.96. The van der Waals surface area contributed by atoms with Gasteiger partial charge in [-0.15, -0.1) is 12.4 Å².